The topological polar surface area (TPSA) is 64.3 Å². The molecule has 1 aliphatic heterocycles. The Morgan fingerprint density at radius 3 is 2.40 bits per heavy atom. The Morgan fingerprint density at radius 1 is 1.16 bits per heavy atom. The molecule has 0 bridgehead atoms. The summed E-state index contributed by atoms with van der Waals surface area (Å²) >= 11 is 0. The van der Waals surface area contributed by atoms with Crippen LogP contribution in [0.25, 0.3) is 0 Å². The first-order chi connectivity index (χ1) is 11.9. The molecule has 2 fully saturated rings. The number of hydrogen-bond acceptors (Lipinski definition) is 3. The monoisotopic (exact) mass is 340 g/mol. The number of nitrogens with zero attached hydrogens (tertiary/aromatic N) is 2. The van der Waals surface area contributed by atoms with Crippen molar-refractivity contribution in [1.29, 1.82) is 5.26 Å². The number of rotatable bonds is 3. The third-order valence-corrected chi connectivity index (χ3v) is 6.27. The lowest BCUT2D eigenvalue weighted by Crippen LogP contribution is -2.45. The summed E-state index contributed by atoms with van der Waals surface area (Å²) in [6.07, 6.45) is 3.16. The van der Waals surface area contributed by atoms with Gasteiger partial charge in [0.15, 0.2) is 0 Å². The molecule has 1 aliphatic carbocycles. The van der Waals surface area contributed by atoms with E-state index < -0.39 is 5.41 Å². The second kappa shape index (κ2) is 7.17. The maximum Gasteiger partial charge on any atom is 0.228 e. The summed E-state index contributed by atoms with van der Waals surface area (Å²) in [5.74, 6) is 0.418. The first-order valence-corrected chi connectivity index (χ1v) is 9.35. The molecule has 4 nitrogen and oxygen atoms in total. The van der Waals surface area contributed by atoms with Gasteiger partial charge in [-0.2, -0.15) is 5.26 Å². The second-order valence-corrected chi connectivity index (χ2v) is 8.19. The van der Waals surface area contributed by atoms with Crippen LogP contribution in [0.4, 0.5) is 0 Å². The predicted molar refractivity (Wildman–Crippen MR) is 96.6 cm³/mol. The molecular formula is C21H28N2O2. The van der Waals surface area contributed by atoms with E-state index in [-0.39, 0.29) is 23.8 Å². The number of amides is 1. The molecule has 1 aromatic rings. The van der Waals surface area contributed by atoms with Gasteiger partial charge in [0.1, 0.15) is 0 Å². The summed E-state index contributed by atoms with van der Waals surface area (Å²) in [5, 5.41) is 19.3. The molecule has 2 aliphatic rings. The van der Waals surface area contributed by atoms with E-state index in [0.29, 0.717) is 19.0 Å². The molecule has 25 heavy (non-hydrogen) atoms. The summed E-state index contributed by atoms with van der Waals surface area (Å²) in [6.45, 7) is 5.22. The Labute approximate surface area is 150 Å². The molecule has 0 radical (unpaired) electrons. The van der Waals surface area contributed by atoms with Crippen LogP contribution in [0.3, 0.4) is 0 Å². The number of aliphatic hydroxyl groups excluding tert-OH is 1. The number of hydrogen-bond donors (Lipinski definition) is 1. The van der Waals surface area contributed by atoms with Gasteiger partial charge in [0.25, 0.3) is 0 Å². The minimum atomic E-state index is -0.439. The molecule has 1 N–H and O–H groups in total. The molecule has 1 saturated carbocycles. The lowest BCUT2D eigenvalue weighted by molar-refractivity contribution is -0.143. The van der Waals surface area contributed by atoms with E-state index in [0.717, 1.165) is 31.2 Å². The minimum absolute atomic E-state index is 0.0964. The fourth-order valence-corrected chi connectivity index (χ4v) is 4.52. The SMILES string of the molecule is CC(C)(C(=O)N1C[C@@H](C#N)[C@H](c2ccccc2)C1)C1CCC(O)CC1. The summed E-state index contributed by atoms with van der Waals surface area (Å²) in [4.78, 5) is 15.1. The molecule has 1 aromatic carbocycles. The molecule has 1 heterocycles. The fraction of sp³-hybridized carbons (Fsp3) is 0.619. The van der Waals surface area contributed by atoms with Crippen molar-refractivity contribution in [1.82, 2.24) is 4.90 Å². The standard InChI is InChI=1S/C21H28N2O2/c1-21(2,17-8-10-18(24)11-9-17)20(25)23-13-16(12-22)19(14-23)15-6-4-3-5-7-15/h3-7,16-19,24H,8-11,13-14H2,1-2H3/t16-,17?,18?,19+/m1/s1. The van der Waals surface area contributed by atoms with Crippen LogP contribution in [0.1, 0.15) is 51.0 Å². The number of nitriles is 1. The molecule has 0 spiro atoms. The zero-order chi connectivity index (χ0) is 18.0. The van der Waals surface area contributed by atoms with Gasteiger partial charge in [0, 0.05) is 24.4 Å². The van der Waals surface area contributed by atoms with E-state index in [2.05, 4.69) is 18.2 Å². The maximum atomic E-state index is 13.2. The normalized spacial score (nSPS) is 30.1. The largest absolute Gasteiger partial charge is 0.393 e. The molecular weight excluding hydrogens is 312 g/mol. The molecule has 1 saturated heterocycles. The number of likely N-dealkylation sites (tertiary alicyclic amines) is 1. The van der Waals surface area contributed by atoms with Crippen LogP contribution in [0.2, 0.25) is 0 Å². The summed E-state index contributed by atoms with van der Waals surface area (Å²) in [7, 11) is 0. The highest BCUT2D eigenvalue weighted by Crippen LogP contribution is 2.42. The van der Waals surface area contributed by atoms with E-state index >= 15 is 0 Å². The third-order valence-electron chi connectivity index (χ3n) is 6.27. The first-order valence-electron chi connectivity index (χ1n) is 9.35. The van der Waals surface area contributed by atoms with Crippen molar-refractivity contribution in [3.05, 3.63) is 35.9 Å². The van der Waals surface area contributed by atoms with Crippen molar-refractivity contribution in [2.75, 3.05) is 13.1 Å². The summed E-state index contributed by atoms with van der Waals surface area (Å²) < 4.78 is 0. The first kappa shape index (κ1) is 17.9. The van der Waals surface area contributed by atoms with Gasteiger partial charge in [0.2, 0.25) is 5.91 Å². The van der Waals surface area contributed by atoms with Crippen molar-refractivity contribution in [2.45, 2.75) is 51.6 Å². The minimum Gasteiger partial charge on any atom is -0.393 e. The van der Waals surface area contributed by atoms with Crippen molar-refractivity contribution < 1.29 is 9.90 Å². The van der Waals surface area contributed by atoms with Crippen LogP contribution in [0.15, 0.2) is 30.3 Å². The Balaban J connectivity index is 1.73. The van der Waals surface area contributed by atoms with Gasteiger partial charge < -0.3 is 10.0 Å². The van der Waals surface area contributed by atoms with Gasteiger partial charge in [-0.15, -0.1) is 0 Å². The highest BCUT2D eigenvalue weighted by molar-refractivity contribution is 5.82. The smallest absolute Gasteiger partial charge is 0.228 e. The van der Waals surface area contributed by atoms with Crippen LogP contribution < -0.4 is 0 Å². The third kappa shape index (κ3) is 3.57. The fourth-order valence-electron chi connectivity index (χ4n) is 4.52. The Hall–Kier alpha value is -1.86. The number of benzene rings is 1. The molecule has 134 valence electrons. The lowest BCUT2D eigenvalue weighted by Gasteiger charge is -2.39. The summed E-state index contributed by atoms with van der Waals surface area (Å²) in [5.41, 5.74) is 0.703. The van der Waals surface area contributed by atoms with Gasteiger partial charge in [-0.3, -0.25) is 4.79 Å². The molecule has 4 heteroatoms. The maximum absolute atomic E-state index is 13.2. The van der Waals surface area contributed by atoms with Gasteiger partial charge in [-0.25, -0.2) is 0 Å². The van der Waals surface area contributed by atoms with E-state index in [9.17, 15) is 15.2 Å². The van der Waals surface area contributed by atoms with Gasteiger partial charge in [-0.05, 0) is 37.2 Å². The average molecular weight is 340 g/mol. The van der Waals surface area contributed by atoms with Crippen LogP contribution in [0, 0.1) is 28.6 Å². The molecule has 2 atom stereocenters. The zero-order valence-corrected chi connectivity index (χ0v) is 15.2. The van der Waals surface area contributed by atoms with Gasteiger partial charge in [0.05, 0.1) is 18.1 Å². The van der Waals surface area contributed by atoms with E-state index in [1.165, 1.54) is 0 Å². The van der Waals surface area contributed by atoms with Crippen molar-refractivity contribution in [3.63, 3.8) is 0 Å². The molecule has 3 rings (SSSR count). The van der Waals surface area contributed by atoms with Crippen LogP contribution in [0.5, 0.6) is 0 Å². The van der Waals surface area contributed by atoms with Crippen LogP contribution >= 0.6 is 0 Å². The van der Waals surface area contributed by atoms with Crippen molar-refractivity contribution >= 4 is 5.91 Å². The number of aliphatic hydroxyl groups is 1. The average Bonchev–Trinajstić information content (AvgIpc) is 3.06. The number of carbonyl (C=O) groups is 1. The Morgan fingerprint density at radius 2 is 1.80 bits per heavy atom. The quantitative estimate of drug-likeness (QED) is 0.918. The van der Waals surface area contributed by atoms with Crippen LogP contribution in [-0.2, 0) is 4.79 Å². The van der Waals surface area contributed by atoms with Gasteiger partial charge in [-0.1, -0.05) is 44.2 Å². The molecule has 0 unspecified atom stereocenters. The van der Waals surface area contributed by atoms with Crippen molar-refractivity contribution in [2.24, 2.45) is 17.3 Å². The second-order valence-electron chi connectivity index (χ2n) is 8.19. The Kier molecular flexibility index (Phi) is 5.15. The van der Waals surface area contributed by atoms with Crippen LogP contribution in [-0.4, -0.2) is 35.1 Å². The lowest BCUT2D eigenvalue weighted by atomic mass is 9.69. The zero-order valence-electron chi connectivity index (χ0n) is 15.2. The van der Waals surface area contributed by atoms with E-state index in [1.54, 1.807) is 0 Å². The van der Waals surface area contributed by atoms with Gasteiger partial charge >= 0.3 is 0 Å². The highest BCUT2D eigenvalue weighted by atomic mass is 16.3. The molecule has 0 aromatic heterocycles. The predicted octanol–water partition coefficient (Wildman–Crippen LogP) is 3.33. The van der Waals surface area contributed by atoms with E-state index in [4.69, 9.17) is 0 Å². The Bertz CT molecular complexity index is 642. The molecule has 1 amide bonds. The van der Waals surface area contributed by atoms with E-state index in [1.807, 2.05) is 36.9 Å². The summed E-state index contributed by atoms with van der Waals surface area (Å²) in [6, 6.07) is 12.5. The highest BCUT2D eigenvalue weighted by Gasteiger charge is 2.45. The van der Waals surface area contributed by atoms with Crippen molar-refractivity contribution in [3.8, 4) is 6.07 Å². The number of carbonyl (C=O) groups excluding carboxylic acids is 1.